The summed E-state index contributed by atoms with van der Waals surface area (Å²) >= 11 is 0. The molecule has 13 rings (SSSR count). The SMILES string of the molecule is CCOC(=O)c1cc(C)c(NC(=O)c2cc(-c3cccc(CO)c3)cc3ccccc23)c(C)c1.CCOC(=O)c1cc(C)c(NC(=O)c2cc(C)cc3ccccc23)c(C)c1.Cc1cc(C(=O)O)c2ccccc2c1.Cc1cc(C(=O)O)cc(C)c1NC(=O)c1cc(-c2cccc(CO)c2)cc2ccccc12. The molecule has 0 aromatic heterocycles. The predicted molar refractivity (Wildman–Crippen MR) is 425 cm³/mol. The number of nitrogens with one attached hydrogen (secondary N) is 3. The summed E-state index contributed by atoms with van der Waals surface area (Å²) in [5.41, 5.74) is 17.0. The fourth-order valence-corrected chi connectivity index (χ4v) is 13.1. The molecule has 0 aliphatic rings. The van der Waals surface area contributed by atoms with Crippen molar-refractivity contribution in [2.45, 2.75) is 82.5 Å². The summed E-state index contributed by atoms with van der Waals surface area (Å²) in [7, 11) is 0. The molecule has 0 saturated heterocycles. The van der Waals surface area contributed by atoms with Gasteiger partial charge in [-0.3, -0.25) is 14.4 Å². The highest BCUT2D eigenvalue weighted by molar-refractivity contribution is 6.17. The molecule has 16 nitrogen and oxygen atoms in total. The van der Waals surface area contributed by atoms with Gasteiger partial charge in [-0.2, -0.15) is 0 Å². The van der Waals surface area contributed by atoms with Crippen molar-refractivity contribution in [2.24, 2.45) is 0 Å². The number of carbonyl (C=O) groups excluding carboxylic acids is 5. The largest absolute Gasteiger partial charge is 0.478 e. The second kappa shape index (κ2) is 34.6. The van der Waals surface area contributed by atoms with Crippen molar-refractivity contribution in [3.63, 3.8) is 0 Å². The van der Waals surface area contributed by atoms with Crippen LogP contribution in [0.15, 0.2) is 231 Å². The van der Waals surface area contributed by atoms with E-state index in [4.69, 9.17) is 14.6 Å². The van der Waals surface area contributed by atoms with Gasteiger partial charge in [-0.15, -0.1) is 0 Å². The van der Waals surface area contributed by atoms with Crippen LogP contribution in [0.25, 0.3) is 65.3 Å². The zero-order valence-electron chi connectivity index (χ0n) is 61.2. The molecule has 540 valence electrons. The van der Waals surface area contributed by atoms with Crippen molar-refractivity contribution in [3.8, 4) is 22.3 Å². The van der Waals surface area contributed by atoms with Crippen LogP contribution in [-0.4, -0.2) is 75.2 Å². The minimum absolute atomic E-state index is 0.0465. The molecule has 107 heavy (non-hydrogen) atoms. The zero-order valence-corrected chi connectivity index (χ0v) is 61.2. The van der Waals surface area contributed by atoms with E-state index in [0.717, 1.165) is 116 Å². The maximum atomic E-state index is 13.5. The van der Waals surface area contributed by atoms with E-state index in [1.54, 1.807) is 70.2 Å². The Kier molecular flexibility index (Phi) is 24.8. The van der Waals surface area contributed by atoms with Crippen molar-refractivity contribution in [3.05, 3.63) is 325 Å². The Hall–Kier alpha value is -12.9. The summed E-state index contributed by atoms with van der Waals surface area (Å²) in [5.74, 6) is -3.27. The minimum Gasteiger partial charge on any atom is -0.478 e. The number of aryl methyl sites for hydroxylation is 8. The number of amides is 3. The highest BCUT2D eigenvalue weighted by atomic mass is 16.5. The Labute approximate surface area is 620 Å². The minimum atomic E-state index is -1.00. The van der Waals surface area contributed by atoms with Gasteiger partial charge in [0.1, 0.15) is 0 Å². The number of ether oxygens (including phenoxy) is 2. The third-order valence-corrected chi connectivity index (χ3v) is 18.2. The van der Waals surface area contributed by atoms with Crippen molar-refractivity contribution in [2.75, 3.05) is 29.2 Å². The Morgan fingerprint density at radius 1 is 0.308 bits per heavy atom. The van der Waals surface area contributed by atoms with Gasteiger partial charge in [0.15, 0.2) is 0 Å². The summed E-state index contributed by atoms with van der Waals surface area (Å²) in [6.07, 6.45) is 0. The summed E-state index contributed by atoms with van der Waals surface area (Å²) in [4.78, 5) is 86.3. The van der Waals surface area contributed by atoms with Gasteiger partial charge >= 0.3 is 23.9 Å². The molecule has 0 unspecified atom stereocenters. The number of hydrogen-bond acceptors (Lipinski definition) is 11. The van der Waals surface area contributed by atoms with Gasteiger partial charge in [-0.25, -0.2) is 19.2 Å². The van der Waals surface area contributed by atoms with Crippen molar-refractivity contribution < 1.29 is 63.5 Å². The maximum absolute atomic E-state index is 13.5. The fraction of sp³-hybridized carbons (Fsp3) is 0.154. The third kappa shape index (κ3) is 18.4. The molecular weight excluding hydrogens is 1340 g/mol. The average molecular weight is 1430 g/mol. The van der Waals surface area contributed by atoms with Crippen LogP contribution in [0.1, 0.15) is 142 Å². The van der Waals surface area contributed by atoms with E-state index >= 15 is 0 Å². The van der Waals surface area contributed by atoms with E-state index in [2.05, 4.69) is 22.0 Å². The van der Waals surface area contributed by atoms with Crippen LogP contribution in [0, 0.1) is 55.4 Å². The van der Waals surface area contributed by atoms with Crippen LogP contribution >= 0.6 is 0 Å². The standard InChI is InChI=1S/C29H27NO4.C27H23NO4.C23H23NO3.C12H10O2/c1-4-34-29(33)24-12-18(2)27(19(3)13-24)30-28(32)26-16-23(15-22-9-5-6-11-25(22)26)21-10-7-8-20(14-21)17-31;1-16-10-22(27(31)32)11-17(2)25(16)28-26(30)24-14-21(13-20-7-3-4-9-23(20)24)19-8-5-6-18(12-19)15-29;1-5-27-23(26)18-12-15(3)21(16(4)13-18)24-22(25)20-11-14(2)10-17-8-6-7-9-19(17)20;1-8-6-9-4-2-3-5-10(9)11(7-8)12(13)14/h5-16,31H,4,17H2,1-3H3,(H,30,32);3-14,29H,15H2,1-2H3,(H,28,30)(H,31,32);6-13H,5H2,1-4H3,(H,24,25);2-7H,1H3,(H,13,14). The van der Waals surface area contributed by atoms with Gasteiger partial charge in [0.2, 0.25) is 0 Å². The van der Waals surface area contributed by atoms with Crippen molar-refractivity contribution >= 4 is 102 Å². The van der Waals surface area contributed by atoms with Gasteiger partial charge in [-0.1, -0.05) is 146 Å². The predicted octanol–water partition coefficient (Wildman–Crippen LogP) is 19.7. The molecule has 0 radical (unpaired) electrons. The average Bonchev–Trinajstić information content (AvgIpc) is 0.791. The van der Waals surface area contributed by atoms with Crippen LogP contribution in [-0.2, 0) is 22.7 Å². The maximum Gasteiger partial charge on any atom is 0.338 e. The second-order valence-corrected chi connectivity index (χ2v) is 26.1. The van der Waals surface area contributed by atoms with E-state index in [9.17, 15) is 48.9 Å². The Morgan fingerprint density at radius 2 is 0.607 bits per heavy atom. The summed E-state index contributed by atoms with van der Waals surface area (Å²) < 4.78 is 10.2. The molecule has 0 bridgehead atoms. The topological polar surface area (TPSA) is 255 Å². The number of anilines is 3. The summed E-state index contributed by atoms with van der Waals surface area (Å²) in [5, 5.41) is 53.6. The quantitative estimate of drug-likeness (QED) is 0.0445. The van der Waals surface area contributed by atoms with E-state index in [0.29, 0.717) is 69.1 Å². The normalized spacial score (nSPS) is 10.7. The lowest BCUT2D eigenvalue weighted by atomic mass is 9.95. The monoisotopic (exact) mass is 1430 g/mol. The lowest BCUT2D eigenvalue weighted by Gasteiger charge is -2.16. The number of aliphatic hydroxyl groups is 2. The molecule has 0 atom stereocenters. The first-order valence-electron chi connectivity index (χ1n) is 34.9. The molecule has 0 heterocycles. The molecule has 0 saturated carbocycles. The lowest BCUT2D eigenvalue weighted by Crippen LogP contribution is -2.15. The second-order valence-electron chi connectivity index (χ2n) is 26.1. The summed E-state index contributed by atoms with van der Waals surface area (Å²) in [6.45, 7) is 19.0. The van der Waals surface area contributed by atoms with E-state index in [1.807, 2.05) is 224 Å². The molecule has 0 fully saturated rings. The number of fused-ring (bicyclic) bond motifs is 4. The van der Waals surface area contributed by atoms with Crippen LogP contribution in [0.3, 0.4) is 0 Å². The number of rotatable bonds is 16. The number of carboxylic acid groups (broad SMARTS) is 2. The number of benzene rings is 13. The Bertz CT molecular complexity index is 5550. The van der Waals surface area contributed by atoms with Gasteiger partial charge in [0.25, 0.3) is 17.7 Å². The van der Waals surface area contributed by atoms with Gasteiger partial charge < -0.3 is 45.9 Å². The zero-order chi connectivity index (χ0) is 76.8. The molecular formula is C91H83N3O13. The van der Waals surface area contributed by atoms with Crippen molar-refractivity contribution in [1.29, 1.82) is 0 Å². The molecule has 16 heteroatoms. The van der Waals surface area contributed by atoms with Gasteiger partial charge in [0, 0.05) is 33.8 Å². The fourth-order valence-electron chi connectivity index (χ4n) is 13.1. The first-order chi connectivity index (χ1) is 51.4. The smallest absolute Gasteiger partial charge is 0.338 e. The summed E-state index contributed by atoms with van der Waals surface area (Å²) in [6, 6.07) is 71.6. The number of carbonyl (C=O) groups is 7. The molecule has 0 aliphatic carbocycles. The van der Waals surface area contributed by atoms with E-state index in [1.165, 1.54) is 0 Å². The highest BCUT2D eigenvalue weighted by Crippen LogP contribution is 2.34. The Balaban J connectivity index is 0.000000158. The molecule has 0 aliphatic heterocycles. The molecule has 3 amide bonds. The van der Waals surface area contributed by atoms with Crippen molar-refractivity contribution in [1.82, 2.24) is 0 Å². The molecule has 13 aromatic carbocycles. The Morgan fingerprint density at radius 3 is 0.925 bits per heavy atom. The first-order valence-corrected chi connectivity index (χ1v) is 34.9. The van der Waals surface area contributed by atoms with Crippen LogP contribution in [0.4, 0.5) is 17.1 Å². The van der Waals surface area contributed by atoms with E-state index < -0.39 is 11.9 Å². The van der Waals surface area contributed by atoms with Gasteiger partial charge in [-0.05, 0) is 275 Å². The molecule has 7 N–H and O–H groups in total. The van der Waals surface area contributed by atoms with Gasteiger partial charge in [0.05, 0.1) is 48.7 Å². The number of aliphatic hydroxyl groups excluding tert-OH is 2. The number of esters is 2. The highest BCUT2D eigenvalue weighted by Gasteiger charge is 2.22. The van der Waals surface area contributed by atoms with Crippen LogP contribution < -0.4 is 16.0 Å². The number of aromatic carboxylic acids is 2. The lowest BCUT2D eigenvalue weighted by molar-refractivity contribution is 0.0516. The number of carboxylic acids is 2. The third-order valence-electron chi connectivity index (χ3n) is 18.2. The molecule has 13 aromatic rings. The van der Waals surface area contributed by atoms with Crippen LogP contribution in [0.5, 0.6) is 0 Å². The van der Waals surface area contributed by atoms with E-state index in [-0.39, 0.29) is 48.4 Å². The number of hydrogen-bond donors (Lipinski definition) is 7. The van der Waals surface area contributed by atoms with Crippen LogP contribution in [0.2, 0.25) is 0 Å². The first kappa shape index (κ1) is 76.7. The molecule has 0 spiro atoms.